The summed E-state index contributed by atoms with van der Waals surface area (Å²) in [6.45, 7) is 2.26. The third-order valence-corrected chi connectivity index (χ3v) is 3.46. The van der Waals surface area contributed by atoms with Crippen molar-refractivity contribution in [1.29, 1.82) is 5.41 Å². The Balaban J connectivity index is 2.09. The second-order valence-electron chi connectivity index (χ2n) is 3.34. The second kappa shape index (κ2) is 4.00. The maximum absolute atomic E-state index is 7.04. The maximum Gasteiger partial charge on any atom is 0.151 e. The van der Waals surface area contributed by atoms with E-state index in [2.05, 4.69) is 6.92 Å². The Labute approximate surface area is 72.4 Å². The molecule has 3 heteroatoms. The number of amidine groups is 1. The Bertz CT molecular complexity index is 143. The fraction of sp³-hybridized carbons (Fsp3) is 0.875. The molecule has 2 nitrogen and oxygen atoms in total. The van der Waals surface area contributed by atoms with Crippen LogP contribution in [-0.4, -0.2) is 10.9 Å². The van der Waals surface area contributed by atoms with Gasteiger partial charge in [-0.05, 0) is 11.8 Å². The van der Waals surface area contributed by atoms with Gasteiger partial charge in [-0.3, -0.25) is 5.41 Å². The smallest absolute Gasteiger partial charge is 0.151 e. The van der Waals surface area contributed by atoms with Gasteiger partial charge in [0.05, 0.1) is 0 Å². The number of thioether (sulfide) groups is 1. The maximum atomic E-state index is 7.04. The van der Waals surface area contributed by atoms with E-state index < -0.39 is 0 Å². The van der Waals surface area contributed by atoms with Gasteiger partial charge < -0.3 is 5.73 Å². The monoisotopic (exact) mass is 172 g/mol. The summed E-state index contributed by atoms with van der Waals surface area (Å²) >= 11 is 1.48. The quantitative estimate of drug-likeness (QED) is 0.505. The largest absolute Gasteiger partial charge is 0.379 e. The van der Waals surface area contributed by atoms with Gasteiger partial charge in [-0.15, -0.1) is 0 Å². The van der Waals surface area contributed by atoms with E-state index >= 15 is 0 Å². The van der Waals surface area contributed by atoms with E-state index in [1.807, 2.05) is 0 Å². The summed E-state index contributed by atoms with van der Waals surface area (Å²) in [5.41, 5.74) is 5.25. The van der Waals surface area contributed by atoms with Crippen LogP contribution in [0.15, 0.2) is 0 Å². The minimum Gasteiger partial charge on any atom is -0.379 e. The summed E-state index contributed by atoms with van der Waals surface area (Å²) in [5.74, 6) is 2.69. The molecule has 0 amide bonds. The van der Waals surface area contributed by atoms with E-state index in [4.69, 9.17) is 11.1 Å². The van der Waals surface area contributed by atoms with Gasteiger partial charge in [-0.25, -0.2) is 0 Å². The zero-order chi connectivity index (χ0) is 8.27. The first kappa shape index (κ1) is 8.91. The lowest BCUT2D eigenvalue weighted by Crippen LogP contribution is -2.22. The van der Waals surface area contributed by atoms with Crippen molar-refractivity contribution < 1.29 is 0 Å². The molecule has 1 aliphatic rings. The molecule has 0 aliphatic heterocycles. The molecule has 64 valence electrons. The van der Waals surface area contributed by atoms with Crippen molar-refractivity contribution in [2.45, 2.75) is 26.2 Å². The SMILES string of the molecule is CC(CSC(=N)N)C1CCC1. The van der Waals surface area contributed by atoms with Crippen LogP contribution in [0.1, 0.15) is 26.2 Å². The lowest BCUT2D eigenvalue weighted by molar-refractivity contribution is 0.238. The highest BCUT2D eigenvalue weighted by molar-refractivity contribution is 8.13. The number of rotatable bonds is 3. The highest BCUT2D eigenvalue weighted by Crippen LogP contribution is 2.34. The van der Waals surface area contributed by atoms with Crippen LogP contribution in [-0.2, 0) is 0 Å². The van der Waals surface area contributed by atoms with Crippen LogP contribution >= 0.6 is 11.8 Å². The molecule has 1 saturated carbocycles. The number of nitrogens with one attached hydrogen (secondary N) is 1. The molecule has 0 heterocycles. The molecule has 3 N–H and O–H groups in total. The van der Waals surface area contributed by atoms with Gasteiger partial charge in [0.25, 0.3) is 0 Å². The molecule has 0 aromatic heterocycles. The van der Waals surface area contributed by atoms with Crippen molar-refractivity contribution in [1.82, 2.24) is 0 Å². The third-order valence-electron chi connectivity index (χ3n) is 2.46. The highest BCUT2D eigenvalue weighted by Gasteiger charge is 2.23. The van der Waals surface area contributed by atoms with Crippen molar-refractivity contribution in [2.75, 3.05) is 5.75 Å². The van der Waals surface area contributed by atoms with E-state index in [1.165, 1.54) is 31.0 Å². The first-order valence-electron chi connectivity index (χ1n) is 4.17. The molecule has 1 aliphatic carbocycles. The van der Waals surface area contributed by atoms with Gasteiger partial charge in [0.1, 0.15) is 0 Å². The molecule has 0 aromatic carbocycles. The molecule has 0 bridgehead atoms. The zero-order valence-corrected chi connectivity index (χ0v) is 7.79. The molecule has 1 fully saturated rings. The Morgan fingerprint density at radius 1 is 1.73 bits per heavy atom. The first-order valence-corrected chi connectivity index (χ1v) is 5.15. The zero-order valence-electron chi connectivity index (χ0n) is 6.97. The van der Waals surface area contributed by atoms with Gasteiger partial charge in [-0.1, -0.05) is 37.9 Å². The fourth-order valence-corrected chi connectivity index (χ4v) is 2.08. The van der Waals surface area contributed by atoms with Crippen molar-refractivity contribution >= 4 is 16.9 Å². The van der Waals surface area contributed by atoms with Gasteiger partial charge >= 0.3 is 0 Å². The van der Waals surface area contributed by atoms with Crippen LogP contribution in [0, 0.1) is 17.2 Å². The summed E-state index contributed by atoms with van der Waals surface area (Å²) in [4.78, 5) is 0. The van der Waals surface area contributed by atoms with Gasteiger partial charge in [-0.2, -0.15) is 0 Å². The summed E-state index contributed by atoms with van der Waals surface area (Å²) in [5, 5.41) is 7.30. The number of hydrogen-bond acceptors (Lipinski definition) is 2. The van der Waals surface area contributed by atoms with Crippen LogP contribution in [0.5, 0.6) is 0 Å². The summed E-state index contributed by atoms with van der Waals surface area (Å²) in [7, 11) is 0. The van der Waals surface area contributed by atoms with Crippen molar-refractivity contribution in [3.8, 4) is 0 Å². The normalized spacial score (nSPS) is 20.8. The third kappa shape index (κ3) is 2.73. The van der Waals surface area contributed by atoms with E-state index in [-0.39, 0.29) is 5.17 Å². The Morgan fingerprint density at radius 2 is 2.36 bits per heavy atom. The first-order chi connectivity index (χ1) is 5.20. The standard InChI is InChI=1S/C8H16N2S/c1-6(5-11-8(9)10)7-3-2-4-7/h6-7H,2-5H2,1H3,(H3,9,10). The van der Waals surface area contributed by atoms with Crippen molar-refractivity contribution in [3.63, 3.8) is 0 Å². The highest BCUT2D eigenvalue weighted by atomic mass is 32.2. The van der Waals surface area contributed by atoms with Crippen molar-refractivity contribution in [2.24, 2.45) is 17.6 Å². The predicted molar refractivity (Wildman–Crippen MR) is 50.9 cm³/mol. The lowest BCUT2D eigenvalue weighted by Gasteiger charge is -2.31. The van der Waals surface area contributed by atoms with Crippen LogP contribution < -0.4 is 5.73 Å². The second-order valence-corrected chi connectivity index (χ2v) is 4.41. The number of nitrogens with two attached hydrogens (primary N) is 1. The fourth-order valence-electron chi connectivity index (χ4n) is 1.37. The molecule has 1 rings (SSSR count). The van der Waals surface area contributed by atoms with E-state index in [1.54, 1.807) is 0 Å². The molecule has 1 atom stereocenters. The molecule has 0 aromatic rings. The summed E-state index contributed by atoms with van der Waals surface area (Å²) in [6, 6.07) is 0. The van der Waals surface area contributed by atoms with Gasteiger partial charge in [0, 0.05) is 5.75 Å². The molecule has 11 heavy (non-hydrogen) atoms. The Morgan fingerprint density at radius 3 is 2.73 bits per heavy atom. The average Bonchev–Trinajstić information content (AvgIpc) is 1.79. The van der Waals surface area contributed by atoms with E-state index in [0.29, 0.717) is 0 Å². The minimum atomic E-state index is 0.260. The van der Waals surface area contributed by atoms with Crippen LogP contribution in [0.25, 0.3) is 0 Å². The topological polar surface area (TPSA) is 49.9 Å². The van der Waals surface area contributed by atoms with Gasteiger partial charge in [0.15, 0.2) is 5.17 Å². The molecule has 1 unspecified atom stereocenters. The molecule has 0 radical (unpaired) electrons. The average molecular weight is 172 g/mol. The molecule has 0 spiro atoms. The molecular weight excluding hydrogens is 156 g/mol. The van der Waals surface area contributed by atoms with Crippen LogP contribution in [0.4, 0.5) is 0 Å². The minimum absolute atomic E-state index is 0.260. The molecular formula is C8H16N2S. The van der Waals surface area contributed by atoms with Crippen LogP contribution in [0.2, 0.25) is 0 Å². The number of hydrogen-bond donors (Lipinski definition) is 2. The Hall–Kier alpha value is -0.180. The van der Waals surface area contributed by atoms with E-state index in [0.717, 1.165) is 17.6 Å². The summed E-state index contributed by atoms with van der Waals surface area (Å²) in [6.07, 6.45) is 4.18. The molecule has 0 saturated heterocycles. The lowest BCUT2D eigenvalue weighted by atomic mass is 9.77. The van der Waals surface area contributed by atoms with Crippen LogP contribution in [0.3, 0.4) is 0 Å². The van der Waals surface area contributed by atoms with E-state index in [9.17, 15) is 0 Å². The predicted octanol–water partition coefficient (Wildman–Crippen LogP) is 2.05. The summed E-state index contributed by atoms with van der Waals surface area (Å²) < 4.78 is 0. The van der Waals surface area contributed by atoms with Gasteiger partial charge in [0.2, 0.25) is 0 Å². The Kier molecular flexibility index (Phi) is 3.24. The van der Waals surface area contributed by atoms with Crippen molar-refractivity contribution in [3.05, 3.63) is 0 Å².